The molecule has 24 heavy (non-hydrogen) atoms. The third-order valence-electron chi connectivity index (χ3n) is 3.55. The summed E-state index contributed by atoms with van der Waals surface area (Å²) in [4.78, 5) is 16.1. The average molecular weight is 366 g/mol. The molecule has 0 saturated carbocycles. The molecule has 1 amide bonds. The minimum atomic E-state index is -0.136. The van der Waals surface area contributed by atoms with Crippen molar-refractivity contribution in [2.24, 2.45) is 0 Å². The summed E-state index contributed by atoms with van der Waals surface area (Å²) >= 11 is 12.0. The summed E-state index contributed by atoms with van der Waals surface area (Å²) in [5.74, 6) is -0.136. The van der Waals surface area contributed by atoms with Gasteiger partial charge in [-0.3, -0.25) is 4.79 Å². The van der Waals surface area contributed by atoms with Crippen molar-refractivity contribution < 1.29 is 4.79 Å². The van der Waals surface area contributed by atoms with Gasteiger partial charge in [0, 0.05) is 23.1 Å². The van der Waals surface area contributed by atoms with E-state index >= 15 is 0 Å². The highest BCUT2D eigenvalue weighted by Crippen LogP contribution is 2.21. The number of hydrogen-bond acceptors (Lipinski definition) is 3. The first-order valence-electron chi connectivity index (χ1n) is 8.02. The van der Waals surface area contributed by atoms with Gasteiger partial charge in [-0.15, -0.1) is 0 Å². The second kappa shape index (κ2) is 9.50. The molecule has 0 unspecified atom stereocenters. The number of carbonyl (C=O) groups excluding carboxylic acids is 1. The highest BCUT2D eigenvalue weighted by molar-refractivity contribution is 6.35. The number of pyridine rings is 1. The number of anilines is 1. The van der Waals surface area contributed by atoms with Gasteiger partial charge in [0.2, 0.25) is 0 Å². The number of nitrogens with one attached hydrogen (secondary N) is 2. The van der Waals surface area contributed by atoms with E-state index in [2.05, 4.69) is 22.5 Å². The second-order valence-corrected chi connectivity index (χ2v) is 6.30. The average Bonchev–Trinajstić information content (AvgIpc) is 2.57. The van der Waals surface area contributed by atoms with Crippen LogP contribution in [0.4, 0.5) is 5.69 Å². The molecule has 0 saturated heterocycles. The fraction of sp³-hybridized carbons (Fsp3) is 0.333. The van der Waals surface area contributed by atoms with Crippen LogP contribution in [0.1, 0.15) is 35.8 Å². The SMILES string of the molecule is CCCCNC(=O)c1ccc(NCCc2ccc(Cl)cc2Cl)cn1. The number of aromatic nitrogens is 1. The third kappa shape index (κ3) is 5.69. The lowest BCUT2D eigenvalue weighted by molar-refractivity contribution is 0.0948. The van der Waals surface area contributed by atoms with E-state index in [1.807, 2.05) is 18.2 Å². The molecule has 0 atom stereocenters. The molecule has 128 valence electrons. The Morgan fingerprint density at radius 3 is 2.67 bits per heavy atom. The number of rotatable bonds is 8. The molecule has 2 N–H and O–H groups in total. The molecule has 1 aromatic heterocycles. The van der Waals surface area contributed by atoms with Gasteiger partial charge in [-0.1, -0.05) is 42.6 Å². The molecule has 4 nitrogen and oxygen atoms in total. The van der Waals surface area contributed by atoms with Gasteiger partial charge in [0.25, 0.3) is 5.91 Å². The molecule has 2 rings (SSSR count). The normalized spacial score (nSPS) is 10.5. The quantitative estimate of drug-likeness (QED) is 0.673. The summed E-state index contributed by atoms with van der Waals surface area (Å²) in [5.41, 5.74) is 2.33. The molecule has 2 aromatic rings. The van der Waals surface area contributed by atoms with Crippen molar-refractivity contribution in [2.75, 3.05) is 18.4 Å². The smallest absolute Gasteiger partial charge is 0.269 e. The van der Waals surface area contributed by atoms with Gasteiger partial charge < -0.3 is 10.6 Å². The number of halogens is 2. The van der Waals surface area contributed by atoms with Gasteiger partial charge in [0.15, 0.2) is 0 Å². The fourth-order valence-corrected chi connectivity index (χ4v) is 2.67. The molecule has 0 spiro atoms. The predicted molar refractivity (Wildman–Crippen MR) is 100 cm³/mol. The minimum Gasteiger partial charge on any atom is -0.383 e. The first kappa shape index (κ1) is 18.6. The number of amides is 1. The van der Waals surface area contributed by atoms with Crippen LogP contribution in [0.5, 0.6) is 0 Å². The standard InChI is InChI=1S/C18H21Cl2N3O/c1-2-3-9-22-18(24)17-7-6-15(12-23-17)21-10-8-13-4-5-14(19)11-16(13)20/h4-7,11-12,21H,2-3,8-10H2,1H3,(H,22,24). The summed E-state index contributed by atoms with van der Waals surface area (Å²) in [6, 6.07) is 9.07. The van der Waals surface area contributed by atoms with Crippen molar-refractivity contribution in [1.82, 2.24) is 10.3 Å². The van der Waals surface area contributed by atoms with Crippen LogP contribution in [0.2, 0.25) is 10.0 Å². The van der Waals surface area contributed by atoms with Crippen LogP contribution in [-0.4, -0.2) is 24.0 Å². The summed E-state index contributed by atoms with van der Waals surface area (Å²) in [5, 5.41) is 7.42. The van der Waals surface area contributed by atoms with Crippen LogP contribution in [0.25, 0.3) is 0 Å². The molecule has 0 aliphatic rings. The van der Waals surface area contributed by atoms with Gasteiger partial charge in [0.05, 0.1) is 11.9 Å². The molecular weight excluding hydrogens is 345 g/mol. The van der Waals surface area contributed by atoms with E-state index in [-0.39, 0.29) is 5.91 Å². The van der Waals surface area contributed by atoms with E-state index in [0.29, 0.717) is 28.8 Å². The second-order valence-electron chi connectivity index (χ2n) is 5.45. The van der Waals surface area contributed by atoms with Crippen molar-refractivity contribution in [1.29, 1.82) is 0 Å². The molecule has 0 aliphatic carbocycles. The van der Waals surface area contributed by atoms with E-state index in [1.165, 1.54) is 0 Å². The van der Waals surface area contributed by atoms with Crippen LogP contribution >= 0.6 is 23.2 Å². The zero-order valence-corrected chi connectivity index (χ0v) is 15.1. The lowest BCUT2D eigenvalue weighted by Crippen LogP contribution is -2.25. The molecule has 1 aromatic carbocycles. The Morgan fingerprint density at radius 1 is 1.17 bits per heavy atom. The Balaban J connectivity index is 1.82. The number of carbonyl (C=O) groups is 1. The van der Waals surface area contributed by atoms with Gasteiger partial charge >= 0.3 is 0 Å². The van der Waals surface area contributed by atoms with Gasteiger partial charge in [-0.2, -0.15) is 0 Å². The maximum absolute atomic E-state index is 11.9. The maximum atomic E-state index is 11.9. The molecule has 0 bridgehead atoms. The van der Waals surface area contributed by atoms with Crippen LogP contribution in [0.3, 0.4) is 0 Å². The van der Waals surface area contributed by atoms with Gasteiger partial charge in [-0.05, 0) is 42.7 Å². The number of hydrogen-bond donors (Lipinski definition) is 2. The summed E-state index contributed by atoms with van der Waals surface area (Å²) in [7, 11) is 0. The number of nitrogens with zero attached hydrogens (tertiary/aromatic N) is 1. The third-order valence-corrected chi connectivity index (χ3v) is 4.14. The number of unbranched alkanes of at least 4 members (excludes halogenated alkanes) is 1. The van der Waals surface area contributed by atoms with E-state index in [1.54, 1.807) is 18.3 Å². The fourth-order valence-electron chi connectivity index (χ4n) is 2.17. The highest BCUT2D eigenvalue weighted by Gasteiger charge is 2.06. The van der Waals surface area contributed by atoms with Crippen molar-refractivity contribution in [2.45, 2.75) is 26.2 Å². The lowest BCUT2D eigenvalue weighted by atomic mass is 10.1. The Kier molecular flexibility index (Phi) is 7.35. The Labute approximate surface area is 152 Å². The molecule has 0 aliphatic heterocycles. The van der Waals surface area contributed by atoms with Crippen LogP contribution in [-0.2, 0) is 6.42 Å². The molecule has 6 heteroatoms. The van der Waals surface area contributed by atoms with Crippen molar-refractivity contribution >= 4 is 34.8 Å². The first-order valence-corrected chi connectivity index (χ1v) is 8.77. The maximum Gasteiger partial charge on any atom is 0.269 e. The summed E-state index contributed by atoms with van der Waals surface area (Å²) in [6.45, 7) is 3.48. The van der Waals surface area contributed by atoms with E-state index in [4.69, 9.17) is 23.2 Å². The lowest BCUT2D eigenvalue weighted by Gasteiger charge is -2.09. The monoisotopic (exact) mass is 365 g/mol. The Hall–Kier alpha value is -1.78. The molecular formula is C18H21Cl2N3O. The van der Waals surface area contributed by atoms with Crippen LogP contribution < -0.4 is 10.6 Å². The summed E-state index contributed by atoms with van der Waals surface area (Å²) in [6.07, 6.45) is 4.46. The number of benzene rings is 1. The molecule has 0 radical (unpaired) electrons. The zero-order chi connectivity index (χ0) is 17.4. The Bertz CT molecular complexity index is 674. The topological polar surface area (TPSA) is 54.0 Å². The highest BCUT2D eigenvalue weighted by atomic mass is 35.5. The molecule has 1 heterocycles. The van der Waals surface area contributed by atoms with Crippen molar-refractivity contribution in [3.63, 3.8) is 0 Å². The van der Waals surface area contributed by atoms with Gasteiger partial charge in [0.1, 0.15) is 5.69 Å². The van der Waals surface area contributed by atoms with E-state index < -0.39 is 0 Å². The first-order chi connectivity index (χ1) is 11.6. The van der Waals surface area contributed by atoms with E-state index in [9.17, 15) is 4.79 Å². The van der Waals surface area contributed by atoms with Crippen LogP contribution in [0, 0.1) is 0 Å². The largest absolute Gasteiger partial charge is 0.383 e. The van der Waals surface area contributed by atoms with Crippen molar-refractivity contribution in [3.05, 3.63) is 57.8 Å². The predicted octanol–water partition coefficient (Wildman–Crippen LogP) is 4.57. The van der Waals surface area contributed by atoms with E-state index in [0.717, 1.165) is 30.5 Å². The zero-order valence-electron chi connectivity index (χ0n) is 13.6. The van der Waals surface area contributed by atoms with Crippen LogP contribution in [0.15, 0.2) is 36.5 Å². The Morgan fingerprint density at radius 2 is 2.00 bits per heavy atom. The van der Waals surface area contributed by atoms with Gasteiger partial charge in [-0.25, -0.2) is 4.98 Å². The summed E-state index contributed by atoms with van der Waals surface area (Å²) < 4.78 is 0. The van der Waals surface area contributed by atoms with Crippen molar-refractivity contribution in [3.8, 4) is 0 Å². The minimum absolute atomic E-state index is 0.136. The molecule has 0 fully saturated rings.